The van der Waals surface area contributed by atoms with Crippen LogP contribution in [0.2, 0.25) is 19.0 Å². The number of aromatic nitrogens is 2. The van der Waals surface area contributed by atoms with Gasteiger partial charge in [0.25, 0.3) is 0 Å². The first-order valence-corrected chi connectivity index (χ1v) is 25.7. The van der Waals surface area contributed by atoms with E-state index in [-0.39, 0.29) is 94.5 Å². The fourth-order valence-corrected chi connectivity index (χ4v) is 10.1. The quantitative estimate of drug-likeness (QED) is 0.0377. The maximum absolute atomic E-state index is 12.7. The second-order valence-electron chi connectivity index (χ2n) is 20.7. The highest BCUT2D eigenvalue weighted by Gasteiger charge is 2.53. The number of nitrogens with two attached hydrogens (primary N) is 6. The molecule has 0 unspecified atom stereocenters. The van der Waals surface area contributed by atoms with Gasteiger partial charge in [-0.05, 0) is 74.3 Å². The first-order valence-electron chi connectivity index (χ1n) is 25.7. The van der Waals surface area contributed by atoms with E-state index in [0.717, 1.165) is 11.1 Å². The first kappa shape index (κ1) is 64.5. The van der Waals surface area contributed by atoms with Gasteiger partial charge in [-0.2, -0.15) is 0 Å². The number of phenolic OH excluding ortho intramolecular Hbond substituents is 1. The number of imidazole rings is 1. The van der Waals surface area contributed by atoms with Gasteiger partial charge < -0.3 is 105 Å². The van der Waals surface area contributed by atoms with Crippen LogP contribution in [0, 0.1) is 17.8 Å². The Morgan fingerprint density at radius 3 is 1.19 bits per heavy atom. The van der Waals surface area contributed by atoms with E-state index in [9.17, 15) is 49.2 Å². The summed E-state index contributed by atoms with van der Waals surface area (Å²) in [5, 5.41) is 91.5. The summed E-state index contributed by atoms with van der Waals surface area (Å²) >= 11 is 0. The molecule has 3 amide bonds. The highest BCUT2D eigenvalue weighted by atomic mass is 16.4. The number of carbonyl (C=O) groups excluding carboxylic acids is 3. The lowest BCUT2D eigenvalue weighted by Crippen LogP contribution is -2.55. The van der Waals surface area contributed by atoms with Gasteiger partial charge in [0.2, 0.25) is 17.7 Å². The molecule has 78 heavy (non-hydrogen) atoms. The van der Waals surface area contributed by atoms with Gasteiger partial charge >= 0.3 is 39.3 Å². The Morgan fingerprint density at radius 2 is 0.885 bits per heavy atom. The number of nitrogens with one attached hydrogen (secondary N) is 1. The molecular weight excluding hydrogens is 1020 g/mol. The van der Waals surface area contributed by atoms with E-state index in [0.29, 0.717) is 50.6 Å². The van der Waals surface area contributed by atoms with Crippen molar-refractivity contribution in [1.29, 1.82) is 0 Å². The zero-order chi connectivity index (χ0) is 58.1. The summed E-state index contributed by atoms with van der Waals surface area (Å²) in [4.78, 5) is 83.8. The average Bonchev–Trinajstić information content (AvgIpc) is 4.21. The molecule has 0 saturated carbocycles. The molecule has 3 aromatic rings. The topological polar surface area (TPSA) is 499 Å². The van der Waals surface area contributed by atoms with Gasteiger partial charge in [0.15, 0.2) is 0 Å². The van der Waals surface area contributed by atoms with Crippen molar-refractivity contribution in [3.63, 3.8) is 0 Å². The van der Waals surface area contributed by atoms with Gasteiger partial charge in [-0.1, -0.05) is 61.7 Å². The molecule has 3 aliphatic rings. The normalized spacial score (nSPS) is 23.7. The van der Waals surface area contributed by atoms with Gasteiger partial charge in [-0.3, -0.25) is 28.8 Å². The van der Waals surface area contributed by atoms with E-state index >= 15 is 0 Å². The molecular formula is C48H76B3N11O16. The largest absolute Gasteiger partial charge is 0.508 e. The highest BCUT2D eigenvalue weighted by molar-refractivity contribution is 6.41. The van der Waals surface area contributed by atoms with E-state index in [1.165, 1.54) is 33.2 Å². The molecule has 23 N–H and O–H groups in total. The van der Waals surface area contributed by atoms with Gasteiger partial charge in [-0.15, -0.1) is 0 Å². The van der Waals surface area contributed by atoms with E-state index < -0.39 is 91.8 Å². The fraction of sp³-hybridized carbons (Fsp3) is 0.562. The molecule has 3 fully saturated rings. The molecule has 3 saturated heterocycles. The van der Waals surface area contributed by atoms with Crippen molar-refractivity contribution in [2.45, 2.75) is 111 Å². The van der Waals surface area contributed by atoms with Crippen LogP contribution in [0.5, 0.6) is 5.75 Å². The molecule has 0 spiro atoms. The Bertz CT molecular complexity index is 2420. The number of aliphatic carboxylic acids is 3. The molecule has 1 aromatic heterocycles. The molecule has 4 heterocycles. The Labute approximate surface area is 452 Å². The van der Waals surface area contributed by atoms with Gasteiger partial charge in [0.05, 0.1) is 24.5 Å². The van der Waals surface area contributed by atoms with Gasteiger partial charge in [-0.25, -0.2) is 4.98 Å². The number of hydrogen-bond acceptors (Lipinski definition) is 20. The van der Waals surface area contributed by atoms with Crippen molar-refractivity contribution in [1.82, 2.24) is 24.7 Å². The number of carboxylic acids is 3. The molecule has 6 rings (SSSR count). The molecule has 3 aliphatic heterocycles. The zero-order valence-corrected chi connectivity index (χ0v) is 43.4. The number of likely N-dealkylation sites (tertiary alicyclic amines) is 3. The van der Waals surface area contributed by atoms with Crippen molar-refractivity contribution >= 4 is 57.0 Å². The van der Waals surface area contributed by atoms with Crippen LogP contribution in [0.15, 0.2) is 67.1 Å². The minimum Gasteiger partial charge on any atom is -0.508 e. The van der Waals surface area contributed by atoms with Crippen molar-refractivity contribution in [3.8, 4) is 5.75 Å². The summed E-state index contributed by atoms with van der Waals surface area (Å²) in [5.41, 5.74) is 33.9. The van der Waals surface area contributed by atoms with Crippen LogP contribution >= 0.6 is 0 Å². The predicted molar refractivity (Wildman–Crippen MR) is 285 cm³/mol. The van der Waals surface area contributed by atoms with E-state index in [4.69, 9.17) is 64.5 Å². The minimum atomic E-state index is -1.59. The van der Waals surface area contributed by atoms with Crippen LogP contribution < -0.4 is 34.4 Å². The number of H-pyrrole nitrogens is 1. The van der Waals surface area contributed by atoms with Crippen molar-refractivity contribution in [3.05, 3.63) is 83.9 Å². The van der Waals surface area contributed by atoms with Crippen LogP contribution in [0.25, 0.3) is 0 Å². The molecule has 2 aromatic carbocycles. The predicted octanol–water partition coefficient (Wildman–Crippen LogP) is -4.42. The summed E-state index contributed by atoms with van der Waals surface area (Å²) in [6.45, 7) is 0.175. The summed E-state index contributed by atoms with van der Waals surface area (Å²) in [6.07, 6.45) is 6.63. The molecule has 27 nitrogen and oxygen atoms in total. The fourth-order valence-electron chi connectivity index (χ4n) is 10.1. The summed E-state index contributed by atoms with van der Waals surface area (Å²) in [5.74, 6) is -5.95. The lowest BCUT2D eigenvalue weighted by Gasteiger charge is -2.25. The second kappa shape index (κ2) is 29.3. The number of benzene rings is 2. The van der Waals surface area contributed by atoms with E-state index in [2.05, 4.69) is 9.97 Å². The summed E-state index contributed by atoms with van der Waals surface area (Å²) in [7, 11) is -4.34. The van der Waals surface area contributed by atoms with Gasteiger partial charge in [0.1, 0.15) is 22.4 Å². The highest BCUT2D eigenvalue weighted by Crippen LogP contribution is 2.34. The number of carboxylic acid groups (broad SMARTS) is 3. The van der Waals surface area contributed by atoms with Crippen LogP contribution in [-0.4, -0.2) is 206 Å². The van der Waals surface area contributed by atoms with Crippen molar-refractivity contribution in [2.75, 3.05) is 39.3 Å². The molecule has 30 heteroatoms. The second-order valence-corrected chi connectivity index (χ2v) is 20.7. The van der Waals surface area contributed by atoms with Crippen LogP contribution in [0.3, 0.4) is 0 Å². The Balaban J connectivity index is 0.000000253. The number of hydrogen-bond donors (Lipinski definition) is 17. The molecule has 428 valence electrons. The standard InChI is InChI=1S/C17H26BN3O6.C17H26BN3O5.C14H24BN5O5/c19-14(8-11-3-5-13(22)6-4-11)15(23)21-9-12(2-1-7-18(26)27)17(20,10-21)16(24)25;19-14(9-12-5-2-1-3-6-12)15(22)21-10-13(7-4-8-18(25)26)17(20,11-21)16(23)24;16-11(4-10-5-18-8-19-10)12(21)20-6-9(2-1-3-15(24)25)14(17,7-20)13(22)23/h3-6,12,14,22,26-27H,1-2,7-10,19-20H2,(H,24,25);1-3,5-6,13-14,25-26H,4,7-11,19-20H2,(H,23,24);5,8-9,11,24-25H,1-4,6-7,16-17H2,(H,18,19)(H,22,23)/t12-,14-,17-;13-,14-,17-;9-,11-,14-/m000/s1. The lowest BCUT2D eigenvalue weighted by molar-refractivity contribution is -0.145. The van der Waals surface area contributed by atoms with Crippen molar-refractivity contribution < 1.29 is 79.3 Å². The third-order valence-corrected chi connectivity index (χ3v) is 14.7. The molecule has 0 bridgehead atoms. The third-order valence-electron chi connectivity index (χ3n) is 14.7. The zero-order valence-electron chi connectivity index (χ0n) is 43.4. The number of aromatic hydroxyl groups is 1. The number of carbonyl (C=O) groups is 6. The smallest absolute Gasteiger partial charge is 0.451 e. The Morgan fingerprint density at radius 1 is 0.551 bits per heavy atom. The number of amides is 3. The monoisotopic (exact) mass is 1100 g/mol. The molecule has 0 aliphatic carbocycles. The van der Waals surface area contributed by atoms with Crippen LogP contribution in [0.1, 0.15) is 55.3 Å². The average molecular weight is 1100 g/mol. The Hall–Kier alpha value is -6.02. The number of rotatable bonds is 24. The number of aromatic amines is 1. The Kier molecular flexibility index (Phi) is 24.2. The third kappa shape index (κ3) is 18.0. The van der Waals surface area contributed by atoms with Crippen LogP contribution in [-0.2, 0) is 48.0 Å². The SMILES string of the molecule is N[C@@H](Cc1ccc(O)cc1)C(=O)N1C[C@H](CCCB(O)O)[C@](N)(C(=O)O)C1.N[C@@H](Cc1ccccc1)C(=O)N1C[C@H](CCCB(O)O)[C@](N)(C(=O)O)C1.N[C@@H](Cc1cnc[nH]1)C(=O)N1C[C@H](CCCB(O)O)[C@](N)(C(=O)O)C1. The van der Waals surface area contributed by atoms with Crippen molar-refractivity contribution in [2.24, 2.45) is 52.2 Å². The van der Waals surface area contributed by atoms with Crippen LogP contribution in [0.4, 0.5) is 0 Å². The number of phenols is 1. The summed E-state index contributed by atoms with van der Waals surface area (Å²) < 4.78 is 0. The molecule has 0 radical (unpaired) electrons. The lowest BCUT2D eigenvalue weighted by atomic mass is 9.78. The maximum Gasteiger partial charge on any atom is 0.451 e. The van der Waals surface area contributed by atoms with E-state index in [1.807, 2.05) is 30.3 Å². The van der Waals surface area contributed by atoms with E-state index in [1.54, 1.807) is 18.3 Å². The summed E-state index contributed by atoms with van der Waals surface area (Å²) in [6, 6.07) is 13.3. The maximum atomic E-state index is 12.7. The minimum absolute atomic E-state index is 0.101. The van der Waals surface area contributed by atoms with Gasteiger partial charge in [0, 0.05) is 75.3 Å². The molecule has 9 atom stereocenters. The number of nitrogens with zero attached hydrogens (tertiary/aromatic N) is 4. The first-order chi connectivity index (χ1) is 36.6.